The van der Waals surface area contributed by atoms with E-state index in [1.165, 1.54) is 0 Å². The third-order valence-electron chi connectivity index (χ3n) is 4.77. The van der Waals surface area contributed by atoms with E-state index in [9.17, 15) is 8.78 Å². The molecule has 1 aliphatic rings. The fourth-order valence-corrected chi connectivity index (χ4v) is 3.37. The molecule has 1 atom stereocenters. The van der Waals surface area contributed by atoms with E-state index in [-0.39, 0.29) is 35.8 Å². The van der Waals surface area contributed by atoms with Crippen LogP contribution in [0.5, 0.6) is 11.5 Å². The molecule has 1 fully saturated rings. The fourth-order valence-electron chi connectivity index (χ4n) is 3.37. The second kappa shape index (κ2) is 11.8. The molecule has 2 N–H and O–H groups in total. The van der Waals surface area contributed by atoms with Crippen LogP contribution in [0.25, 0.3) is 0 Å². The Balaban J connectivity index is 0.00000320. The third-order valence-corrected chi connectivity index (χ3v) is 4.77. The first-order valence-electron chi connectivity index (χ1n) is 9.48. The summed E-state index contributed by atoms with van der Waals surface area (Å²) >= 11 is 0. The van der Waals surface area contributed by atoms with Gasteiger partial charge in [-0.2, -0.15) is 8.78 Å². The second-order valence-corrected chi connectivity index (χ2v) is 6.70. The molecule has 0 aliphatic carbocycles. The Morgan fingerprint density at radius 1 is 1.23 bits per heavy atom. The van der Waals surface area contributed by atoms with Crippen LogP contribution >= 0.6 is 24.0 Å². The van der Waals surface area contributed by atoms with Gasteiger partial charge in [-0.05, 0) is 36.2 Å². The summed E-state index contributed by atoms with van der Waals surface area (Å²) in [5.74, 6) is 1.70. The zero-order valence-corrected chi connectivity index (χ0v) is 19.3. The lowest BCUT2D eigenvalue weighted by molar-refractivity contribution is -0.0495. The van der Waals surface area contributed by atoms with Crippen molar-refractivity contribution in [3.8, 4) is 11.5 Å². The average molecular weight is 532 g/mol. The number of aliphatic imine (C=N–C) groups is 1. The Morgan fingerprint density at radius 2 is 2.03 bits per heavy atom. The molecule has 9 heteroatoms. The summed E-state index contributed by atoms with van der Waals surface area (Å²) in [4.78, 5) is 6.33. The van der Waals surface area contributed by atoms with E-state index in [1.807, 2.05) is 35.2 Å². The van der Waals surface area contributed by atoms with Gasteiger partial charge >= 0.3 is 6.61 Å². The van der Waals surface area contributed by atoms with Gasteiger partial charge in [0.15, 0.2) is 5.96 Å². The van der Waals surface area contributed by atoms with Crippen molar-refractivity contribution >= 4 is 35.6 Å². The number of hydrogen-bond donors (Lipinski definition) is 2. The minimum absolute atomic E-state index is 0. The van der Waals surface area contributed by atoms with Gasteiger partial charge in [-0.25, -0.2) is 0 Å². The highest BCUT2D eigenvalue weighted by atomic mass is 127. The number of benzene rings is 2. The number of nitrogens with zero attached hydrogens (tertiary/aromatic N) is 2. The van der Waals surface area contributed by atoms with Crippen molar-refractivity contribution in [2.24, 2.45) is 4.99 Å². The van der Waals surface area contributed by atoms with Gasteiger partial charge in [-0.1, -0.05) is 24.3 Å². The monoisotopic (exact) mass is 532 g/mol. The van der Waals surface area contributed by atoms with Gasteiger partial charge in [0.25, 0.3) is 0 Å². The van der Waals surface area contributed by atoms with Crippen LogP contribution in [0.1, 0.15) is 12.0 Å². The van der Waals surface area contributed by atoms with Crippen molar-refractivity contribution in [3.63, 3.8) is 0 Å². The number of anilines is 1. The van der Waals surface area contributed by atoms with Crippen LogP contribution < -0.4 is 25.0 Å². The molecule has 30 heavy (non-hydrogen) atoms. The second-order valence-electron chi connectivity index (χ2n) is 6.70. The zero-order chi connectivity index (χ0) is 20.6. The maximum Gasteiger partial charge on any atom is 0.387 e. The molecule has 1 unspecified atom stereocenters. The first-order valence-corrected chi connectivity index (χ1v) is 9.48. The molecular formula is C21H27F2IN4O2. The van der Waals surface area contributed by atoms with Gasteiger partial charge < -0.3 is 25.0 Å². The number of methoxy groups -OCH3 is 1. The van der Waals surface area contributed by atoms with Crippen LogP contribution in [-0.2, 0) is 6.54 Å². The third kappa shape index (κ3) is 6.61. The molecule has 1 aliphatic heterocycles. The molecule has 0 saturated carbocycles. The maximum atomic E-state index is 12.7. The first kappa shape index (κ1) is 24.0. The zero-order valence-electron chi connectivity index (χ0n) is 17.0. The number of nitrogens with one attached hydrogen (secondary N) is 2. The molecule has 1 saturated heterocycles. The van der Waals surface area contributed by atoms with E-state index in [1.54, 1.807) is 32.4 Å². The number of hydrogen-bond acceptors (Lipinski definition) is 4. The van der Waals surface area contributed by atoms with E-state index >= 15 is 0 Å². The lowest BCUT2D eigenvalue weighted by Gasteiger charge is -2.22. The number of halogens is 3. The predicted octanol–water partition coefficient (Wildman–Crippen LogP) is 3.86. The molecule has 2 aromatic carbocycles. The van der Waals surface area contributed by atoms with Crippen molar-refractivity contribution in [1.82, 2.24) is 10.6 Å². The van der Waals surface area contributed by atoms with Crippen molar-refractivity contribution < 1.29 is 18.3 Å². The van der Waals surface area contributed by atoms with Gasteiger partial charge in [0, 0.05) is 32.7 Å². The smallest absolute Gasteiger partial charge is 0.387 e. The predicted molar refractivity (Wildman–Crippen MR) is 125 cm³/mol. The molecule has 2 aromatic rings. The molecular weight excluding hydrogens is 505 g/mol. The normalized spacial score (nSPS) is 16.2. The minimum Gasteiger partial charge on any atom is -0.497 e. The molecule has 0 spiro atoms. The molecule has 0 bridgehead atoms. The summed E-state index contributed by atoms with van der Waals surface area (Å²) in [7, 11) is 3.36. The highest BCUT2D eigenvalue weighted by Crippen LogP contribution is 2.31. The van der Waals surface area contributed by atoms with Crippen molar-refractivity contribution in [3.05, 3.63) is 54.1 Å². The van der Waals surface area contributed by atoms with Crippen LogP contribution in [-0.4, -0.2) is 45.9 Å². The van der Waals surface area contributed by atoms with Crippen molar-refractivity contribution in [1.29, 1.82) is 0 Å². The Bertz CT molecular complexity index is 838. The highest BCUT2D eigenvalue weighted by molar-refractivity contribution is 14.0. The fraction of sp³-hybridized carbons (Fsp3) is 0.381. The summed E-state index contributed by atoms with van der Waals surface area (Å²) in [6.07, 6.45) is 0.864. The molecule has 0 aromatic heterocycles. The van der Waals surface area contributed by atoms with Crippen LogP contribution in [0.15, 0.2) is 53.5 Å². The number of alkyl halides is 2. The van der Waals surface area contributed by atoms with E-state index in [0.717, 1.165) is 24.3 Å². The summed E-state index contributed by atoms with van der Waals surface area (Å²) in [6, 6.07) is 14.9. The summed E-state index contributed by atoms with van der Waals surface area (Å²) in [5, 5.41) is 6.70. The largest absolute Gasteiger partial charge is 0.497 e. The molecule has 0 radical (unpaired) electrons. The number of para-hydroxylation sites is 2. The first-order chi connectivity index (χ1) is 14.1. The summed E-state index contributed by atoms with van der Waals surface area (Å²) in [5.41, 5.74) is 1.76. The molecule has 1 heterocycles. The van der Waals surface area contributed by atoms with Gasteiger partial charge in [-0.3, -0.25) is 4.99 Å². The number of rotatable bonds is 7. The SMILES string of the molecule is CN=C(NCc1cccc(OC)c1)NC1CCN(c2ccccc2OC(F)F)C1.I. The van der Waals surface area contributed by atoms with Gasteiger partial charge in [0.05, 0.1) is 12.8 Å². The Kier molecular flexibility index (Phi) is 9.41. The Labute approximate surface area is 192 Å². The standard InChI is InChI=1S/C21H26F2N4O2.HI/c1-24-21(25-13-15-6-5-7-17(12-15)28-2)26-16-10-11-27(14-16)18-8-3-4-9-19(18)29-20(22)23;/h3-9,12,16,20H,10-11,13-14H2,1-2H3,(H2,24,25,26);1H. The van der Waals surface area contributed by atoms with Gasteiger partial charge in [0.1, 0.15) is 11.5 Å². The molecule has 6 nitrogen and oxygen atoms in total. The van der Waals surface area contributed by atoms with Crippen LogP contribution in [0, 0.1) is 0 Å². The highest BCUT2D eigenvalue weighted by Gasteiger charge is 2.26. The number of ether oxygens (including phenoxy) is 2. The van der Waals surface area contributed by atoms with Crippen molar-refractivity contribution in [2.75, 3.05) is 32.1 Å². The topological polar surface area (TPSA) is 58.1 Å². The molecule has 0 amide bonds. The van der Waals surface area contributed by atoms with Crippen LogP contribution in [0.4, 0.5) is 14.5 Å². The molecule has 3 rings (SSSR count). The van der Waals surface area contributed by atoms with E-state index in [2.05, 4.69) is 20.4 Å². The lowest BCUT2D eigenvalue weighted by Crippen LogP contribution is -2.44. The summed E-state index contributed by atoms with van der Waals surface area (Å²) in [6.45, 7) is -0.817. The van der Waals surface area contributed by atoms with E-state index in [4.69, 9.17) is 4.74 Å². The van der Waals surface area contributed by atoms with Crippen LogP contribution in [0.3, 0.4) is 0 Å². The van der Waals surface area contributed by atoms with E-state index in [0.29, 0.717) is 24.7 Å². The maximum absolute atomic E-state index is 12.7. The average Bonchev–Trinajstić information content (AvgIpc) is 3.19. The van der Waals surface area contributed by atoms with Crippen molar-refractivity contribution in [2.45, 2.75) is 25.6 Å². The minimum atomic E-state index is -2.84. The van der Waals surface area contributed by atoms with Gasteiger partial charge in [0.2, 0.25) is 0 Å². The Hall–Kier alpha value is -2.30. The van der Waals surface area contributed by atoms with Gasteiger partial charge in [-0.15, -0.1) is 24.0 Å². The quantitative estimate of drug-likeness (QED) is 0.323. The van der Waals surface area contributed by atoms with E-state index < -0.39 is 6.61 Å². The molecule has 164 valence electrons. The summed E-state index contributed by atoms with van der Waals surface area (Å²) < 4.78 is 35.2. The Morgan fingerprint density at radius 3 is 2.77 bits per heavy atom. The van der Waals surface area contributed by atoms with Crippen LogP contribution in [0.2, 0.25) is 0 Å². The lowest BCUT2D eigenvalue weighted by atomic mass is 10.2. The number of guanidine groups is 1.